The van der Waals surface area contributed by atoms with E-state index in [9.17, 15) is 14.0 Å². The summed E-state index contributed by atoms with van der Waals surface area (Å²) in [5.41, 5.74) is 1.38. The number of carbonyl (C=O) groups is 2. The van der Waals surface area contributed by atoms with Gasteiger partial charge in [0, 0.05) is 5.56 Å². The number of benzene rings is 2. The number of carbonyl (C=O) groups excluding carboxylic acids is 1. The number of nitrogens with zero attached hydrogens (tertiary/aromatic N) is 1. The van der Waals surface area contributed by atoms with Gasteiger partial charge < -0.3 is 10.4 Å². The molecule has 0 fully saturated rings. The Balaban J connectivity index is 1.85. The number of carboxylic acids is 1. The number of halogens is 1. The van der Waals surface area contributed by atoms with Gasteiger partial charge in [-0.2, -0.15) is 0 Å². The van der Waals surface area contributed by atoms with Crippen molar-refractivity contribution >= 4 is 11.9 Å². The highest BCUT2D eigenvalue weighted by molar-refractivity contribution is 5.93. The molecule has 27 heavy (non-hydrogen) atoms. The molecule has 0 saturated heterocycles. The lowest BCUT2D eigenvalue weighted by atomic mass is 10.0. The topological polar surface area (TPSA) is 79.3 Å². The van der Waals surface area contributed by atoms with Crippen molar-refractivity contribution in [1.29, 1.82) is 0 Å². The predicted octanol–water partition coefficient (Wildman–Crippen LogP) is 3.83. The van der Waals surface area contributed by atoms with Crippen molar-refractivity contribution < 1.29 is 19.1 Å². The molecule has 2 aromatic carbocycles. The van der Waals surface area contributed by atoms with E-state index < -0.39 is 23.7 Å². The fraction of sp³-hybridized carbons (Fsp3) is 0.0952. The minimum atomic E-state index is -1.03. The molecule has 136 valence electrons. The summed E-state index contributed by atoms with van der Waals surface area (Å²) in [6, 6.07) is 19.0. The van der Waals surface area contributed by atoms with E-state index in [4.69, 9.17) is 5.11 Å². The first kappa shape index (κ1) is 18.3. The zero-order valence-corrected chi connectivity index (χ0v) is 14.3. The van der Waals surface area contributed by atoms with Crippen molar-refractivity contribution in [2.75, 3.05) is 0 Å². The molecule has 3 rings (SSSR count). The van der Waals surface area contributed by atoms with Gasteiger partial charge >= 0.3 is 5.97 Å². The fourth-order valence-electron chi connectivity index (χ4n) is 2.72. The number of pyridine rings is 1. The lowest BCUT2D eigenvalue weighted by molar-refractivity contribution is -0.137. The fourth-order valence-corrected chi connectivity index (χ4v) is 2.72. The van der Waals surface area contributed by atoms with Gasteiger partial charge in [-0.1, -0.05) is 48.5 Å². The zero-order valence-electron chi connectivity index (χ0n) is 14.3. The normalized spacial score (nSPS) is 11.6. The molecule has 5 nitrogen and oxygen atoms in total. The van der Waals surface area contributed by atoms with Gasteiger partial charge in [-0.15, -0.1) is 0 Å². The maximum atomic E-state index is 14.0. The van der Waals surface area contributed by atoms with Gasteiger partial charge in [0.2, 0.25) is 0 Å². The average Bonchev–Trinajstić information content (AvgIpc) is 2.68. The highest BCUT2D eigenvalue weighted by Gasteiger charge is 2.20. The van der Waals surface area contributed by atoms with E-state index in [0.717, 1.165) is 0 Å². The summed E-state index contributed by atoms with van der Waals surface area (Å²) in [6.07, 6.45) is -0.261. The van der Waals surface area contributed by atoms with Gasteiger partial charge in [0.05, 0.1) is 18.2 Å². The Bertz CT molecular complexity index is 960. The SMILES string of the molecule is O=C(O)C[C@H](NC(=O)c1cccc(-c2ccccc2F)n1)c1ccccc1. The Hall–Kier alpha value is -3.54. The summed E-state index contributed by atoms with van der Waals surface area (Å²) in [5, 5.41) is 11.8. The summed E-state index contributed by atoms with van der Waals surface area (Å²) < 4.78 is 14.0. The molecule has 1 amide bonds. The third-order valence-corrected chi connectivity index (χ3v) is 4.02. The first-order valence-electron chi connectivity index (χ1n) is 8.34. The van der Waals surface area contributed by atoms with Crippen molar-refractivity contribution in [3.8, 4) is 11.3 Å². The van der Waals surface area contributed by atoms with Crippen LogP contribution in [-0.2, 0) is 4.79 Å². The molecule has 0 bridgehead atoms. The van der Waals surface area contributed by atoms with Gasteiger partial charge in [0.1, 0.15) is 11.5 Å². The number of nitrogens with one attached hydrogen (secondary N) is 1. The highest BCUT2D eigenvalue weighted by Crippen LogP contribution is 2.21. The molecule has 0 aliphatic rings. The number of amides is 1. The van der Waals surface area contributed by atoms with Crippen LogP contribution in [0, 0.1) is 5.82 Å². The molecule has 0 saturated carbocycles. The molecule has 3 aromatic rings. The second-order valence-electron chi connectivity index (χ2n) is 5.92. The molecule has 0 unspecified atom stereocenters. The van der Waals surface area contributed by atoms with Crippen LogP contribution in [0.25, 0.3) is 11.3 Å². The Morgan fingerprint density at radius 2 is 1.67 bits per heavy atom. The van der Waals surface area contributed by atoms with Crippen LogP contribution in [0.5, 0.6) is 0 Å². The third-order valence-electron chi connectivity index (χ3n) is 4.02. The van der Waals surface area contributed by atoms with E-state index in [1.807, 2.05) is 6.07 Å². The molecule has 1 heterocycles. The number of rotatable bonds is 6. The number of hydrogen-bond donors (Lipinski definition) is 2. The van der Waals surface area contributed by atoms with Crippen molar-refractivity contribution in [2.45, 2.75) is 12.5 Å². The molecule has 2 N–H and O–H groups in total. The smallest absolute Gasteiger partial charge is 0.305 e. The molecule has 1 atom stereocenters. The molecule has 0 aliphatic heterocycles. The van der Waals surface area contributed by atoms with Crippen LogP contribution < -0.4 is 5.32 Å². The number of hydrogen-bond acceptors (Lipinski definition) is 3. The Labute approximate surface area is 155 Å². The van der Waals surface area contributed by atoms with Crippen LogP contribution in [0.3, 0.4) is 0 Å². The van der Waals surface area contributed by atoms with Gasteiger partial charge in [-0.3, -0.25) is 9.59 Å². The maximum absolute atomic E-state index is 14.0. The number of carboxylic acid groups (broad SMARTS) is 1. The largest absolute Gasteiger partial charge is 0.481 e. The van der Waals surface area contributed by atoms with Crippen LogP contribution in [0.2, 0.25) is 0 Å². The first-order valence-corrected chi connectivity index (χ1v) is 8.34. The minimum Gasteiger partial charge on any atom is -0.481 e. The second kappa shape index (κ2) is 8.23. The second-order valence-corrected chi connectivity index (χ2v) is 5.92. The molecular weight excluding hydrogens is 347 g/mol. The van der Waals surface area contributed by atoms with Gasteiger partial charge in [0.15, 0.2) is 0 Å². The molecular formula is C21H17FN2O3. The van der Waals surface area contributed by atoms with Crippen molar-refractivity contribution in [3.05, 3.63) is 89.9 Å². The van der Waals surface area contributed by atoms with Crippen molar-refractivity contribution in [1.82, 2.24) is 10.3 Å². The third kappa shape index (κ3) is 4.55. The van der Waals surface area contributed by atoms with Gasteiger partial charge in [0.25, 0.3) is 5.91 Å². The van der Waals surface area contributed by atoms with Crippen LogP contribution in [0.15, 0.2) is 72.8 Å². The number of aliphatic carboxylic acids is 1. The van der Waals surface area contributed by atoms with E-state index >= 15 is 0 Å². The van der Waals surface area contributed by atoms with E-state index in [1.165, 1.54) is 12.1 Å². The van der Waals surface area contributed by atoms with E-state index in [0.29, 0.717) is 11.3 Å². The van der Waals surface area contributed by atoms with Crippen LogP contribution >= 0.6 is 0 Å². The minimum absolute atomic E-state index is 0.0853. The van der Waals surface area contributed by atoms with Crippen LogP contribution in [0.4, 0.5) is 4.39 Å². The summed E-state index contributed by atoms with van der Waals surface area (Å²) in [7, 11) is 0. The summed E-state index contributed by atoms with van der Waals surface area (Å²) in [5.74, 6) is -1.99. The standard InChI is InChI=1S/C21H17FN2O3/c22-16-10-5-4-9-15(16)17-11-6-12-18(23-17)21(27)24-19(13-20(25)26)14-7-2-1-3-8-14/h1-12,19H,13H2,(H,24,27)(H,25,26)/t19-/m0/s1. The Morgan fingerprint density at radius 3 is 2.37 bits per heavy atom. The highest BCUT2D eigenvalue weighted by atomic mass is 19.1. The van der Waals surface area contributed by atoms with E-state index in [-0.39, 0.29) is 17.7 Å². The average molecular weight is 364 g/mol. The Morgan fingerprint density at radius 1 is 0.963 bits per heavy atom. The van der Waals surface area contributed by atoms with Crippen LogP contribution in [-0.4, -0.2) is 22.0 Å². The maximum Gasteiger partial charge on any atom is 0.305 e. The van der Waals surface area contributed by atoms with Crippen molar-refractivity contribution in [3.63, 3.8) is 0 Å². The molecule has 6 heteroatoms. The summed E-state index contributed by atoms with van der Waals surface area (Å²) >= 11 is 0. The van der Waals surface area contributed by atoms with Crippen LogP contribution in [0.1, 0.15) is 28.5 Å². The number of aromatic nitrogens is 1. The first-order chi connectivity index (χ1) is 13.0. The summed E-state index contributed by atoms with van der Waals surface area (Å²) in [6.45, 7) is 0. The lowest BCUT2D eigenvalue weighted by Gasteiger charge is -2.17. The van der Waals surface area contributed by atoms with Crippen molar-refractivity contribution in [2.24, 2.45) is 0 Å². The molecule has 1 aromatic heterocycles. The van der Waals surface area contributed by atoms with E-state index in [2.05, 4.69) is 10.3 Å². The molecule has 0 spiro atoms. The van der Waals surface area contributed by atoms with E-state index in [1.54, 1.807) is 54.6 Å². The zero-order chi connectivity index (χ0) is 19.2. The molecule has 0 aliphatic carbocycles. The van der Waals surface area contributed by atoms with Gasteiger partial charge in [-0.05, 0) is 29.8 Å². The summed E-state index contributed by atoms with van der Waals surface area (Å²) in [4.78, 5) is 28.0. The monoisotopic (exact) mass is 364 g/mol. The Kier molecular flexibility index (Phi) is 5.56. The lowest BCUT2D eigenvalue weighted by Crippen LogP contribution is -2.30. The predicted molar refractivity (Wildman–Crippen MR) is 98.5 cm³/mol. The van der Waals surface area contributed by atoms with Gasteiger partial charge in [-0.25, -0.2) is 9.37 Å². The quantitative estimate of drug-likeness (QED) is 0.697. The molecule has 0 radical (unpaired) electrons.